The molecule has 0 saturated carbocycles. The van der Waals surface area contributed by atoms with Gasteiger partial charge in [-0.2, -0.15) is 0 Å². The molecule has 0 heterocycles. The first-order valence-corrected chi connectivity index (χ1v) is 10.0. The molecule has 0 radical (unpaired) electrons. The van der Waals surface area contributed by atoms with Gasteiger partial charge in [0.15, 0.2) is 0 Å². The van der Waals surface area contributed by atoms with Gasteiger partial charge in [-0.05, 0) is 25.7 Å². The van der Waals surface area contributed by atoms with Gasteiger partial charge in [0.1, 0.15) is 0 Å². The predicted octanol–water partition coefficient (Wildman–Crippen LogP) is 5.57. The van der Waals surface area contributed by atoms with Gasteiger partial charge in [-0.3, -0.25) is 9.59 Å². The molecule has 0 aliphatic heterocycles. The van der Waals surface area contributed by atoms with Crippen LogP contribution in [0.3, 0.4) is 0 Å². The highest BCUT2D eigenvalue weighted by Gasteiger charge is 2.04. The first kappa shape index (κ1) is 22.9. The van der Waals surface area contributed by atoms with Crippen molar-refractivity contribution in [1.82, 2.24) is 0 Å². The quantitative estimate of drug-likeness (QED) is 0.256. The van der Waals surface area contributed by atoms with E-state index in [1.165, 1.54) is 12.8 Å². The maximum atomic E-state index is 11.5. The summed E-state index contributed by atoms with van der Waals surface area (Å²) in [5, 5.41) is 0. The average Bonchev–Trinajstić information content (AvgIpc) is 2.57. The van der Waals surface area contributed by atoms with Crippen LogP contribution in [0.1, 0.15) is 104 Å². The summed E-state index contributed by atoms with van der Waals surface area (Å²) in [6, 6.07) is 0. The Morgan fingerprint density at radius 1 is 0.542 bits per heavy atom. The normalized spacial score (nSPS) is 10.6. The summed E-state index contributed by atoms with van der Waals surface area (Å²) in [6.07, 6.45) is 13.8. The zero-order valence-corrected chi connectivity index (χ0v) is 15.9. The second-order valence-corrected chi connectivity index (χ2v) is 6.48. The van der Waals surface area contributed by atoms with Crippen LogP contribution in [0.5, 0.6) is 0 Å². The van der Waals surface area contributed by atoms with E-state index in [0.717, 1.165) is 64.2 Å². The minimum absolute atomic E-state index is 0.0543. The van der Waals surface area contributed by atoms with E-state index in [1.54, 1.807) is 0 Å². The lowest BCUT2D eigenvalue weighted by Crippen LogP contribution is -2.05. The highest BCUT2D eigenvalue weighted by atomic mass is 16.5. The maximum absolute atomic E-state index is 11.5. The lowest BCUT2D eigenvalue weighted by atomic mass is 10.1. The van der Waals surface area contributed by atoms with Crippen LogP contribution in [0, 0.1) is 0 Å². The van der Waals surface area contributed by atoms with E-state index in [4.69, 9.17) is 9.47 Å². The lowest BCUT2D eigenvalue weighted by molar-refractivity contribution is -0.144. The van der Waals surface area contributed by atoms with Crippen LogP contribution < -0.4 is 0 Å². The van der Waals surface area contributed by atoms with Crippen LogP contribution in [0.15, 0.2) is 0 Å². The van der Waals surface area contributed by atoms with Crippen LogP contribution in [0.4, 0.5) is 0 Å². The molecule has 4 heteroatoms. The Labute approximate surface area is 148 Å². The van der Waals surface area contributed by atoms with E-state index in [1.807, 2.05) is 0 Å². The largest absolute Gasteiger partial charge is 0.466 e. The number of rotatable bonds is 17. The van der Waals surface area contributed by atoms with Crippen molar-refractivity contribution in [1.29, 1.82) is 0 Å². The predicted molar refractivity (Wildman–Crippen MR) is 97.9 cm³/mol. The fraction of sp³-hybridized carbons (Fsp3) is 0.900. The summed E-state index contributed by atoms with van der Waals surface area (Å²) in [5.74, 6) is -0.119. The van der Waals surface area contributed by atoms with Crippen LogP contribution in [0.25, 0.3) is 0 Å². The van der Waals surface area contributed by atoms with Crippen molar-refractivity contribution in [3.8, 4) is 0 Å². The first-order chi connectivity index (χ1) is 11.7. The minimum Gasteiger partial charge on any atom is -0.466 e. The Morgan fingerprint density at radius 2 is 0.958 bits per heavy atom. The van der Waals surface area contributed by atoms with Gasteiger partial charge in [0.25, 0.3) is 0 Å². The van der Waals surface area contributed by atoms with Gasteiger partial charge in [-0.15, -0.1) is 0 Å². The SMILES string of the molecule is CCCCCCOC(=O)CCCCCCCCC(=O)OCCCC. The van der Waals surface area contributed by atoms with Crippen molar-refractivity contribution in [3.63, 3.8) is 0 Å². The van der Waals surface area contributed by atoms with Crippen LogP contribution in [0.2, 0.25) is 0 Å². The van der Waals surface area contributed by atoms with E-state index in [0.29, 0.717) is 26.1 Å². The molecule has 0 N–H and O–H groups in total. The molecule has 0 unspecified atom stereocenters. The molecule has 0 aliphatic carbocycles. The van der Waals surface area contributed by atoms with Gasteiger partial charge in [0.05, 0.1) is 13.2 Å². The van der Waals surface area contributed by atoms with E-state index < -0.39 is 0 Å². The molecular weight excluding hydrogens is 304 g/mol. The third-order valence-corrected chi connectivity index (χ3v) is 4.03. The molecule has 24 heavy (non-hydrogen) atoms. The molecule has 0 aromatic rings. The van der Waals surface area contributed by atoms with Gasteiger partial charge in [0.2, 0.25) is 0 Å². The maximum Gasteiger partial charge on any atom is 0.305 e. The molecule has 0 rings (SSSR count). The Kier molecular flexibility index (Phi) is 17.5. The molecule has 4 nitrogen and oxygen atoms in total. The van der Waals surface area contributed by atoms with E-state index >= 15 is 0 Å². The number of hydrogen-bond acceptors (Lipinski definition) is 4. The minimum atomic E-state index is -0.0647. The number of ether oxygens (including phenoxy) is 2. The molecular formula is C20H38O4. The van der Waals surface area contributed by atoms with Crippen molar-refractivity contribution < 1.29 is 19.1 Å². The Hall–Kier alpha value is -1.06. The summed E-state index contributed by atoms with van der Waals surface area (Å²) >= 11 is 0. The molecule has 0 atom stereocenters. The Morgan fingerprint density at radius 3 is 1.46 bits per heavy atom. The molecule has 0 spiro atoms. The molecule has 0 bridgehead atoms. The standard InChI is InChI=1S/C20H38O4/c1-3-5-7-14-18-24-20(22)16-13-11-9-8-10-12-15-19(21)23-17-6-4-2/h3-18H2,1-2H3. The third kappa shape index (κ3) is 17.3. The fourth-order valence-corrected chi connectivity index (χ4v) is 2.44. The van der Waals surface area contributed by atoms with Crippen molar-refractivity contribution in [2.24, 2.45) is 0 Å². The summed E-state index contributed by atoms with van der Waals surface area (Å²) < 4.78 is 10.3. The summed E-state index contributed by atoms with van der Waals surface area (Å²) in [5.41, 5.74) is 0. The van der Waals surface area contributed by atoms with Gasteiger partial charge in [-0.25, -0.2) is 0 Å². The molecule has 0 aromatic carbocycles. The summed E-state index contributed by atoms with van der Waals surface area (Å²) in [7, 11) is 0. The zero-order chi connectivity index (χ0) is 17.9. The second-order valence-electron chi connectivity index (χ2n) is 6.48. The third-order valence-electron chi connectivity index (χ3n) is 4.03. The molecule has 0 aliphatic rings. The summed E-state index contributed by atoms with van der Waals surface area (Å²) in [4.78, 5) is 22.9. The number of unbranched alkanes of at least 4 members (excludes halogenated alkanes) is 9. The van der Waals surface area contributed by atoms with Crippen molar-refractivity contribution in [2.75, 3.05) is 13.2 Å². The molecule has 0 saturated heterocycles. The van der Waals surface area contributed by atoms with E-state index in [2.05, 4.69) is 13.8 Å². The Bertz CT molecular complexity index is 302. The van der Waals surface area contributed by atoms with Crippen molar-refractivity contribution >= 4 is 11.9 Å². The van der Waals surface area contributed by atoms with Gasteiger partial charge < -0.3 is 9.47 Å². The highest BCUT2D eigenvalue weighted by Crippen LogP contribution is 2.10. The second kappa shape index (κ2) is 18.3. The first-order valence-electron chi connectivity index (χ1n) is 10.0. The van der Waals surface area contributed by atoms with Crippen LogP contribution in [-0.2, 0) is 19.1 Å². The lowest BCUT2D eigenvalue weighted by Gasteiger charge is -2.05. The molecule has 142 valence electrons. The van der Waals surface area contributed by atoms with E-state index in [-0.39, 0.29) is 11.9 Å². The number of hydrogen-bond donors (Lipinski definition) is 0. The van der Waals surface area contributed by atoms with E-state index in [9.17, 15) is 9.59 Å². The molecule has 0 amide bonds. The van der Waals surface area contributed by atoms with Crippen LogP contribution in [-0.4, -0.2) is 25.2 Å². The van der Waals surface area contributed by atoms with Gasteiger partial charge in [-0.1, -0.05) is 65.2 Å². The molecule has 0 fully saturated rings. The number of carbonyl (C=O) groups is 2. The fourth-order valence-electron chi connectivity index (χ4n) is 2.44. The molecule has 0 aromatic heterocycles. The van der Waals surface area contributed by atoms with Crippen molar-refractivity contribution in [3.05, 3.63) is 0 Å². The summed E-state index contributed by atoms with van der Waals surface area (Å²) in [6.45, 7) is 5.39. The Balaban J connectivity index is 3.24. The monoisotopic (exact) mass is 342 g/mol. The zero-order valence-electron chi connectivity index (χ0n) is 15.9. The van der Waals surface area contributed by atoms with Crippen molar-refractivity contribution in [2.45, 2.75) is 104 Å². The van der Waals surface area contributed by atoms with Crippen LogP contribution >= 0.6 is 0 Å². The highest BCUT2D eigenvalue weighted by molar-refractivity contribution is 5.69. The van der Waals surface area contributed by atoms with Gasteiger partial charge in [0, 0.05) is 12.8 Å². The number of esters is 2. The van der Waals surface area contributed by atoms with Gasteiger partial charge >= 0.3 is 11.9 Å². The topological polar surface area (TPSA) is 52.6 Å². The number of carbonyl (C=O) groups excluding carboxylic acids is 2. The average molecular weight is 343 g/mol. The smallest absolute Gasteiger partial charge is 0.305 e.